The third-order valence-electron chi connectivity index (χ3n) is 4.86. The predicted octanol–water partition coefficient (Wildman–Crippen LogP) is 4.90. The number of hydrogen-bond donors (Lipinski definition) is 2. The standard InChI is InChI=1S/C24H26N2O3S/c1-16-12-17(2)14-22(13-16)26-30(28,29)23-15-21(11-10-18(23)3)24(27)25-19(4)20-8-6-5-7-9-20/h5-15,19,26H,1-4H3,(H,25,27)/t19-/m1/s1. The van der Waals surface area contributed by atoms with E-state index in [4.69, 9.17) is 0 Å². The third kappa shape index (κ3) is 5.07. The summed E-state index contributed by atoms with van der Waals surface area (Å²) in [6.45, 7) is 7.43. The van der Waals surface area contributed by atoms with Gasteiger partial charge in [0.2, 0.25) is 0 Å². The van der Waals surface area contributed by atoms with Crippen LogP contribution in [0.1, 0.15) is 45.6 Å². The van der Waals surface area contributed by atoms with Crippen molar-refractivity contribution in [3.63, 3.8) is 0 Å². The molecule has 0 aliphatic carbocycles. The maximum atomic E-state index is 13.0. The zero-order chi connectivity index (χ0) is 21.9. The minimum Gasteiger partial charge on any atom is -0.346 e. The summed E-state index contributed by atoms with van der Waals surface area (Å²) in [5.74, 6) is -0.325. The van der Waals surface area contributed by atoms with Crippen molar-refractivity contribution >= 4 is 21.6 Å². The molecule has 0 bridgehead atoms. The summed E-state index contributed by atoms with van der Waals surface area (Å²) in [4.78, 5) is 12.8. The lowest BCUT2D eigenvalue weighted by atomic mass is 10.1. The summed E-state index contributed by atoms with van der Waals surface area (Å²) in [5.41, 5.74) is 4.27. The summed E-state index contributed by atoms with van der Waals surface area (Å²) in [6, 6.07) is 19.6. The van der Waals surface area contributed by atoms with Gasteiger partial charge in [0.1, 0.15) is 0 Å². The third-order valence-corrected chi connectivity index (χ3v) is 6.38. The zero-order valence-corrected chi connectivity index (χ0v) is 18.4. The van der Waals surface area contributed by atoms with E-state index in [0.29, 0.717) is 16.8 Å². The average molecular weight is 423 g/mol. The molecule has 156 valence electrons. The smallest absolute Gasteiger partial charge is 0.262 e. The van der Waals surface area contributed by atoms with Crippen molar-refractivity contribution in [1.29, 1.82) is 0 Å². The van der Waals surface area contributed by atoms with Crippen LogP contribution < -0.4 is 10.0 Å². The van der Waals surface area contributed by atoms with Crippen LogP contribution in [0.3, 0.4) is 0 Å². The molecule has 1 atom stereocenters. The highest BCUT2D eigenvalue weighted by molar-refractivity contribution is 7.92. The Bertz CT molecular complexity index is 1150. The van der Waals surface area contributed by atoms with Gasteiger partial charge in [0.15, 0.2) is 0 Å². The zero-order valence-electron chi connectivity index (χ0n) is 17.6. The van der Waals surface area contributed by atoms with Crippen molar-refractivity contribution in [1.82, 2.24) is 5.32 Å². The molecule has 6 heteroatoms. The Morgan fingerprint density at radius 1 is 0.867 bits per heavy atom. The first-order chi connectivity index (χ1) is 14.2. The van der Waals surface area contributed by atoms with Crippen molar-refractivity contribution in [3.05, 3.63) is 94.5 Å². The average Bonchev–Trinajstić information content (AvgIpc) is 2.67. The summed E-state index contributed by atoms with van der Waals surface area (Å²) >= 11 is 0. The number of anilines is 1. The van der Waals surface area contributed by atoms with Gasteiger partial charge in [-0.05, 0) is 74.2 Å². The van der Waals surface area contributed by atoms with Crippen LogP contribution in [-0.2, 0) is 10.0 Å². The molecular weight excluding hydrogens is 396 g/mol. The molecule has 0 heterocycles. The summed E-state index contributed by atoms with van der Waals surface area (Å²) < 4.78 is 28.7. The first-order valence-electron chi connectivity index (χ1n) is 9.73. The SMILES string of the molecule is Cc1cc(C)cc(NS(=O)(=O)c2cc(C(=O)N[C@H](C)c3ccccc3)ccc2C)c1. The molecule has 1 amide bonds. The largest absolute Gasteiger partial charge is 0.346 e. The van der Waals surface area contributed by atoms with E-state index in [1.807, 2.05) is 57.2 Å². The fourth-order valence-corrected chi connectivity index (χ4v) is 4.69. The molecule has 3 rings (SSSR count). The van der Waals surface area contributed by atoms with Gasteiger partial charge < -0.3 is 5.32 Å². The van der Waals surface area contributed by atoms with Gasteiger partial charge in [0.25, 0.3) is 15.9 Å². The molecule has 2 N–H and O–H groups in total. The number of nitrogens with one attached hydrogen (secondary N) is 2. The molecule has 0 saturated heterocycles. The molecule has 0 aliphatic rings. The van der Waals surface area contributed by atoms with Crippen LogP contribution in [0.2, 0.25) is 0 Å². The van der Waals surface area contributed by atoms with E-state index >= 15 is 0 Å². The second-order valence-electron chi connectivity index (χ2n) is 7.57. The molecule has 0 saturated carbocycles. The van der Waals surface area contributed by atoms with Gasteiger partial charge in [-0.25, -0.2) is 8.42 Å². The molecular formula is C24H26N2O3S. The summed E-state index contributed by atoms with van der Waals surface area (Å²) in [7, 11) is -3.84. The predicted molar refractivity (Wildman–Crippen MR) is 120 cm³/mol. The van der Waals surface area contributed by atoms with Gasteiger partial charge >= 0.3 is 0 Å². The Balaban J connectivity index is 1.86. The first-order valence-corrected chi connectivity index (χ1v) is 11.2. The maximum absolute atomic E-state index is 13.0. The number of benzene rings is 3. The summed E-state index contributed by atoms with van der Waals surface area (Å²) in [5, 5.41) is 2.92. The van der Waals surface area contributed by atoms with Gasteiger partial charge in [-0.1, -0.05) is 42.5 Å². The van der Waals surface area contributed by atoms with Crippen LogP contribution in [-0.4, -0.2) is 14.3 Å². The highest BCUT2D eigenvalue weighted by Gasteiger charge is 2.20. The van der Waals surface area contributed by atoms with E-state index in [1.165, 1.54) is 6.07 Å². The Labute approximate surface area is 178 Å². The van der Waals surface area contributed by atoms with Crippen molar-refractivity contribution in [2.24, 2.45) is 0 Å². The number of sulfonamides is 1. The van der Waals surface area contributed by atoms with Crippen LogP contribution in [0.4, 0.5) is 5.69 Å². The monoisotopic (exact) mass is 422 g/mol. The van der Waals surface area contributed by atoms with Crippen LogP contribution in [0, 0.1) is 20.8 Å². The molecule has 3 aromatic rings. The van der Waals surface area contributed by atoms with Crippen LogP contribution >= 0.6 is 0 Å². The Morgan fingerprint density at radius 3 is 2.13 bits per heavy atom. The number of aryl methyl sites for hydroxylation is 3. The fraction of sp³-hybridized carbons (Fsp3) is 0.208. The molecule has 3 aromatic carbocycles. The fourth-order valence-electron chi connectivity index (χ4n) is 3.38. The van der Waals surface area contributed by atoms with E-state index in [-0.39, 0.29) is 16.8 Å². The van der Waals surface area contributed by atoms with Crippen LogP contribution in [0.5, 0.6) is 0 Å². The van der Waals surface area contributed by atoms with Gasteiger partial charge in [0.05, 0.1) is 10.9 Å². The van der Waals surface area contributed by atoms with E-state index in [9.17, 15) is 13.2 Å². The number of rotatable bonds is 6. The lowest BCUT2D eigenvalue weighted by Crippen LogP contribution is -2.27. The minimum absolute atomic E-state index is 0.0849. The number of carbonyl (C=O) groups is 1. The van der Waals surface area contributed by atoms with Crippen LogP contribution in [0.25, 0.3) is 0 Å². The van der Waals surface area contributed by atoms with Crippen LogP contribution in [0.15, 0.2) is 71.6 Å². The van der Waals surface area contributed by atoms with Crippen molar-refractivity contribution in [2.45, 2.75) is 38.6 Å². The lowest BCUT2D eigenvalue weighted by Gasteiger charge is -2.16. The number of amides is 1. The normalized spacial score (nSPS) is 12.3. The van der Waals surface area contributed by atoms with E-state index in [2.05, 4.69) is 10.0 Å². The second kappa shape index (κ2) is 8.71. The molecule has 0 spiro atoms. The molecule has 0 unspecified atom stereocenters. The number of carbonyl (C=O) groups excluding carboxylic acids is 1. The van der Waals surface area contributed by atoms with Crippen molar-refractivity contribution in [2.75, 3.05) is 4.72 Å². The Hall–Kier alpha value is -3.12. The van der Waals surface area contributed by atoms with Gasteiger partial charge in [-0.2, -0.15) is 0 Å². The van der Waals surface area contributed by atoms with Gasteiger partial charge in [0, 0.05) is 11.3 Å². The number of hydrogen-bond acceptors (Lipinski definition) is 3. The molecule has 30 heavy (non-hydrogen) atoms. The van der Waals surface area contributed by atoms with E-state index < -0.39 is 10.0 Å². The maximum Gasteiger partial charge on any atom is 0.262 e. The van der Waals surface area contributed by atoms with Crippen molar-refractivity contribution in [3.8, 4) is 0 Å². The lowest BCUT2D eigenvalue weighted by molar-refractivity contribution is 0.0939. The Kier molecular flexibility index (Phi) is 6.27. The summed E-state index contributed by atoms with van der Waals surface area (Å²) in [6.07, 6.45) is 0. The molecule has 0 radical (unpaired) electrons. The topological polar surface area (TPSA) is 75.3 Å². The van der Waals surface area contributed by atoms with E-state index in [1.54, 1.807) is 31.2 Å². The second-order valence-corrected chi connectivity index (χ2v) is 9.22. The van der Waals surface area contributed by atoms with Crippen molar-refractivity contribution < 1.29 is 13.2 Å². The molecule has 0 fully saturated rings. The molecule has 0 aliphatic heterocycles. The minimum atomic E-state index is -3.84. The van der Waals surface area contributed by atoms with Gasteiger partial charge in [-0.3, -0.25) is 9.52 Å². The van der Waals surface area contributed by atoms with Gasteiger partial charge in [-0.15, -0.1) is 0 Å². The quantitative estimate of drug-likeness (QED) is 0.593. The molecule has 0 aromatic heterocycles. The molecule has 5 nitrogen and oxygen atoms in total. The van der Waals surface area contributed by atoms with E-state index in [0.717, 1.165) is 16.7 Å². The highest BCUT2D eigenvalue weighted by Crippen LogP contribution is 2.23. The first kappa shape index (κ1) is 21.6. The highest BCUT2D eigenvalue weighted by atomic mass is 32.2. The Morgan fingerprint density at radius 2 is 1.50 bits per heavy atom.